The van der Waals surface area contributed by atoms with Crippen LogP contribution in [-0.2, 0) is 4.79 Å². The second kappa shape index (κ2) is 6.13. The van der Waals surface area contributed by atoms with E-state index in [2.05, 4.69) is 41.9 Å². The lowest BCUT2D eigenvalue weighted by Crippen LogP contribution is -2.50. The second-order valence-electron chi connectivity index (χ2n) is 5.82. The number of carbonyl (C=O) groups is 1. The van der Waals surface area contributed by atoms with E-state index in [1.165, 1.54) is 5.57 Å². The molecule has 3 heteroatoms. The molecule has 0 aromatic carbocycles. The highest BCUT2D eigenvalue weighted by molar-refractivity contribution is 5.89. The zero-order valence-electron chi connectivity index (χ0n) is 13.4. The smallest absolute Gasteiger partial charge is 0.233 e. The lowest BCUT2D eigenvalue weighted by molar-refractivity contribution is -0.137. The van der Waals surface area contributed by atoms with Crippen LogP contribution in [0.15, 0.2) is 23.8 Å². The molecule has 112 valence electrons. The Bertz CT molecular complexity index is 419. The second-order valence-corrected chi connectivity index (χ2v) is 5.82. The Morgan fingerprint density at radius 1 is 1.30 bits per heavy atom. The van der Waals surface area contributed by atoms with Crippen molar-refractivity contribution in [2.75, 3.05) is 32.7 Å². The van der Waals surface area contributed by atoms with Gasteiger partial charge in [-0.05, 0) is 25.8 Å². The average Bonchev–Trinajstić information content (AvgIpc) is 3.23. The highest BCUT2D eigenvalue weighted by atomic mass is 16.2. The van der Waals surface area contributed by atoms with Crippen molar-refractivity contribution in [2.45, 2.75) is 34.1 Å². The first-order valence-electron chi connectivity index (χ1n) is 8.05. The van der Waals surface area contributed by atoms with Gasteiger partial charge in [-0.1, -0.05) is 44.6 Å². The molecule has 0 spiro atoms. The van der Waals surface area contributed by atoms with Crippen molar-refractivity contribution in [2.24, 2.45) is 11.3 Å². The minimum atomic E-state index is -0.159. The molecule has 3 nitrogen and oxygen atoms in total. The van der Waals surface area contributed by atoms with Crippen LogP contribution in [0.1, 0.15) is 34.1 Å². The fraction of sp³-hybridized carbons (Fsp3) is 0.706. The summed E-state index contributed by atoms with van der Waals surface area (Å²) in [4.78, 5) is 17.1. The maximum absolute atomic E-state index is 12.6. The number of amides is 1. The lowest BCUT2D eigenvalue weighted by atomic mass is 9.94. The van der Waals surface area contributed by atoms with Crippen LogP contribution in [0.2, 0.25) is 0 Å². The van der Waals surface area contributed by atoms with E-state index >= 15 is 0 Å². The monoisotopic (exact) mass is 276 g/mol. The van der Waals surface area contributed by atoms with Crippen molar-refractivity contribution in [1.29, 1.82) is 0 Å². The van der Waals surface area contributed by atoms with Gasteiger partial charge in [0.1, 0.15) is 0 Å². The lowest BCUT2D eigenvalue weighted by Gasteiger charge is -2.36. The SMILES string of the molecule is CC.CCN1CCN(C(=O)C23C=CC(C)=CC2C3)CC1. The molecule has 1 heterocycles. The summed E-state index contributed by atoms with van der Waals surface area (Å²) < 4.78 is 0. The summed E-state index contributed by atoms with van der Waals surface area (Å²) in [6.07, 6.45) is 7.55. The van der Waals surface area contributed by atoms with Gasteiger partial charge in [0.2, 0.25) is 5.91 Å². The number of nitrogens with zero attached hydrogens (tertiary/aromatic N) is 2. The summed E-state index contributed by atoms with van der Waals surface area (Å²) in [6, 6.07) is 0. The highest BCUT2D eigenvalue weighted by Gasteiger charge is 2.59. The van der Waals surface area contributed by atoms with E-state index in [4.69, 9.17) is 0 Å². The topological polar surface area (TPSA) is 23.6 Å². The Morgan fingerprint density at radius 2 is 1.95 bits per heavy atom. The van der Waals surface area contributed by atoms with Crippen LogP contribution in [0.3, 0.4) is 0 Å². The molecule has 3 rings (SSSR count). The number of carbonyl (C=O) groups excluding carboxylic acids is 1. The minimum absolute atomic E-state index is 0.159. The Morgan fingerprint density at radius 3 is 2.50 bits per heavy atom. The Balaban J connectivity index is 0.000000704. The molecule has 2 atom stereocenters. The van der Waals surface area contributed by atoms with Crippen LogP contribution in [0.25, 0.3) is 0 Å². The fourth-order valence-electron chi connectivity index (χ4n) is 3.24. The first-order chi connectivity index (χ1) is 9.65. The molecule has 3 aliphatic rings. The van der Waals surface area contributed by atoms with Gasteiger partial charge in [0.15, 0.2) is 0 Å². The van der Waals surface area contributed by atoms with Gasteiger partial charge in [-0.15, -0.1) is 0 Å². The molecule has 1 aliphatic heterocycles. The third kappa shape index (κ3) is 2.69. The van der Waals surface area contributed by atoms with E-state index in [0.29, 0.717) is 11.8 Å². The normalized spacial score (nSPS) is 31.9. The molecule has 2 aliphatic carbocycles. The minimum Gasteiger partial charge on any atom is -0.339 e. The summed E-state index contributed by atoms with van der Waals surface area (Å²) in [5.41, 5.74) is 1.14. The number of allylic oxidation sites excluding steroid dienone is 3. The number of hydrogen-bond acceptors (Lipinski definition) is 2. The molecule has 1 saturated carbocycles. The average molecular weight is 276 g/mol. The van der Waals surface area contributed by atoms with Gasteiger partial charge in [-0.3, -0.25) is 4.79 Å². The maximum atomic E-state index is 12.6. The van der Waals surface area contributed by atoms with Gasteiger partial charge in [0.25, 0.3) is 0 Å². The summed E-state index contributed by atoms with van der Waals surface area (Å²) in [5, 5.41) is 0. The van der Waals surface area contributed by atoms with Crippen molar-refractivity contribution in [3.63, 3.8) is 0 Å². The van der Waals surface area contributed by atoms with Crippen LogP contribution in [0, 0.1) is 11.3 Å². The van der Waals surface area contributed by atoms with Crippen molar-refractivity contribution >= 4 is 5.91 Å². The van der Waals surface area contributed by atoms with Crippen LogP contribution >= 0.6 is 0 Å². The molecule has 0 N–H and O–H groups in total. The number of hydrogen-bond donors (Lipinski definition) is 0. The molecule has 2 unspecified atom stereocenters. The van der Waals surface area contributed by atoms with Crippen LogP contribution in [0.5, 0.6) is 0 Å². The van der Waals surface area contributed by atoms with Crippen molar-refractivity contribution in [3.05, 3.63) is 23.8 Å². The summed E-state index contributed by atoms with van der Waals surface area (Å²) in [6.45, 7) is 13.3. The van der Waals surface area contributed by atoms with Crippen LogP contribution in [-0.4, -0.2) is 48.4 Å². The maximum Gasteiger partial charge on any atom is 0.233 e. The zero-order valence-corrected chi connectivity index (χ0v) is 13.4. The Labute approximate surface area is 123 Å². The van der Waals surface area contributed by atoms with Crippen LogP contribution in [0.4, 0.5) is 0 Å². The summed E-state index contributed by atoms with van der Waals surface area (Å²) in [7, 11) is 0. The fourth-order valence-corrected chi connectivity index (χ4v) is 3.24. The molecule has 0 aromatic heterocycles. The van der Waals surface area contributed by atoms with Gasteiger partial charge in [0.05, 0.1) is 5.41 Å². The highest BCUT2D eigenvalue weighted by Crippen LogP contribution is 2.58. The largest absolute Gasteiger partial charge is 0.339 e. The standard InChI is InChI=1S/C15H22N2O.C2H6/c1-3-16-6-8-17(9-7-16)14(18)15-5-4-12(2)10-13(15)11-15;1-2/h4-5,10,13H,3,6-9,11H2,1-2H3;1-2H3. The molecular formula is C17H28N2O. The predicted octanol–water partition coefficient (Wildman–Crippen LogP) is 2.70. The molecule has 20 heavy (non-hydrogen) atoms. The van der Waals surface area contributed by atoms with E-state index in [-0.39, 0.29) is 5.41 Å². The molecule has 0 aromatic rings. The van der Waals surface area contributed by atoms with E-state index in [1.54, 1.807) is 0 Å². The summed E-state index contributed by atoms with van der Waals surface area (Å²) >= 11 is 0. The third-order valence-electron chi connectivity index (χ3n) is 4.67. The Kier molecular flexibility index (Phi) is 4.69. The summed E-state index contributed by atoms with van der Waals surface area (Å²) in [5.74, 6) is 0.836. The predicted molar refractivity (Wildman–Crippen MR) is 83.5 cm³/mol. The van der Waals surface area contributed by atoms with Gasteiger partial charge < -0.3 is 9.80 Å². The quantitative estimate of drug-likeness (QED) is 0.774. The molecule has 0 bridgehead atoms. The van der Waals surface area contributed by atoms with Crippen molar-refractivity contribution < 1.29 is 4.79 Å². The van der Waals surface area contributed by atoms with Crippen LogP contribution < -0.4 is 0 Å². The first kappa shape index (κ1) is 15.3. The molecule has 0 radical (unpaired) electrons. The van der Waals surface area contributed by atoms with Crippen molar-refractivity contribution in [1.82, 2.24) is 9.80 Å². The van der Waals surface area contributed by atoms with Crippen molar-refractivity contribution in [3.8, 4) is 0 Å². The first-order valence-corrected chi connectivity index (χ1v) is 8.05. The zero-order chi connectivity index (χ0) is 14.8. The van der Waals surface area contributed by atoms with E-state index in [9.17, 15) is 4.79 Å². The van der Waals surface area contributed by atoms with Gasteiger partial charge in [-0.25, -0.2) is 0 Å². The number of rotatable bonds is 2. The van der Waals surface area contributed by atoms with Gasteiger partial charge in [0, 0.05) is 26.2 Å². The Hall–Kier alpha value is -1.09. The van der Waals surface area contributed by atoms with Gasteiger partial charge >= 0.3 is 0 Å². The number of likely N-dealkylation sites (N-methyl/N-ethyl adjacent to an activating group) is 1. The number of piperazine rings is 1. The number of fused-ring (bicyclic) bond motifs is 1. The molecule has 2 fully saturated rings. The third-order valence-corrected chi connectivity index (χ3v) is 4.67. The van der Waals surface area contributed by atoms with Gasteiger partial charge in [-0.2, -0.15) is 0 Å². The molecule has 1 saturated heterocycles. The molecule has 1 amide bonds. The van der Waals surface area contributed by atoms with E-state index in [1.807, 2.05) is 13.8 Å². The van der Waals surface area contributed by atoms with E-state index in [0.717, 1.165) is 39.1 Å². The van der Waals surface area contributed by atoms with E-state index < -0.39 is 0 Å². The molecular weight excluding hydrogens is 248 g/mol.